The van der Waals surface area contributed by atoms with Crippen LogP contribution in [0.3, 0.4) is 0 Å². The maximum atomic E-state index is 4.20. The third kappa shape index (κ3) is 3.12. The number of hydrogen-bond acceptors (Lipinski definition) is 4. The third-order valence-corrected chi connectivity index (χ3v) is 2.58. The molecule has 0 aromatic heterocycles. The molecule has 0 N–H and O–H groups in total. The van der Waals surface area contributed by atoms with Crippen molar-refractivity contribution in [1.29, 1.82) is 0 Å². The zero-order valence-corrected chi connectivity index (χ0v) is 10.2. The van der Waals surface area contributed by atoms with Crippen LogP contribution in [0.4, 0.5) is 11.4 Å². The average Bonchev–Trinajstić information content (AvgIpc) is 2.30. The van der Waals surface area contributed by atoms with Crippen LogP contribution in [0.25, 0.3) is 0 Å². The number of rotatable bonds is 2. The van der Waals surface area contributed by atoms with Gasteiger partial charge in [0.05, 0.1) is 11.4 Å². The van der Waals surface area contributed by atoms with Crippen LogP contribution in [0.2, 0.25) is 0 Å². The van der Waals surface area contributed by atoms with E-state index in [1.54, 1.807) is 0 Å². The van der Waals surface area contributed by atoms with Crippen molar-refractivity contribution in [2.45, 2.75) is 9.79 Å². The second kappa shape index (κ2) is 5.18. The quantitative estimate of drug-likeness (QED) is 0.568. The van der Waals surface area contributed by atoms with Crippen molar-refractivity contribution in [3.63, 3.8) is 0 Å². The van der Waals surface area contributed by atoms with Gasteiger partial charge in [0.15, 0.2) is 0 Å². The molecule has 0 bridgehead atoms. The van der Waals surface area contributed by atoms with Gasteiger partial charge in [0.2, 0.25) is 0 Å². The summed E-state index contributed by atoms with van der Waals surface area (Å²) in [7, 11) is 0. The molecule has 0 heterocycles. The van der Waals surface area contributed by atoms with Gasteiger partial charge >= 0.3 is 0 Å². The van der Waals surface area contributed by atoms with Gasteiger partial charge in [0, 0.05) is 9.79 Å². The second-order valence-corrected chi connectivity index (χ2v) is 4.27. The molecule has 0 aliphatic heterocycles. The van der Waals surface area contributed by atoms with Gasteiger partial charge in [0.1, 0.15) is 0 Å². The highest BCUT2D eigenvalue weighted by molar-refractivity contribution is 7.80. The van der Waals surface area contributed by atoms with Gasteiger partial charge in [-0.15, -0.1) is 25.3 Å². The molecule has 0 spiro atoms. The smallest absolute Gasteiger partial charge is 0.0857 e. The van der Waals surface area contributed by atoms with E-state index in [-0.39, 0.29) is 0 Å². The summed E-state index contributed by atoms with van der Waals surface area (Å²) < 4.78 is 0. The highest BCUT2D eigenvalue weighted by Gasteiger charge is 1.91. The van der Waals surface area contributed by atoms with Crippen molar-refractivity contribution in [2.75, 3.05) is 0 Å². The van der Waals surface area contributed by atoms with Crippen LogP contribution in [0, 0.1) is 0 Å². The Hall–Kier alpha value is -1.26. The van der Waals surface area contributed by atoms with Gasteiger partial charge in [-0.05, 0) is 48.5 Å². The number of thiol groups is 2. The molecule has 2 aromatic carbocycles. The Bertz CT molecular complexity index is 442. The van der Waals surface area contributed by atoms with Crippen LogP contribution in [-0.2, 0) is 0 Å². The molecule has 2 aromatic rings. The van der Waals surface area contributed by atoms with Crippen molar-refractivity contribution >= 4 is 36.6 Å². The normalized spacial score (nSPS) is 10.9. The first-order chi connectivity index (χ1) is 7.74. The Kier molecular flexibility index (Phi) is 3.64. The van der Waals surface area contributed by atoms with Gasteiger partial charge in [-0.25, -0.2) is 0 Å². The van der Waals surface area contributed by atoms with E-state index in [0.29, 0.717) is 0 Å². The molecule has 0 saturated heterocycles. The number of benzene rings is 2. The van der Waals surface area contributed by atoms with Crippen molar-refractivity contribution in [3.05, 3.63) is 48.5 Å². The predicted molar refractivity (Wildman–Crippen MR) is 71.6 cm³/mol. The summed E-state index contributed by atoms with van der Waals surface area (Å²) in [4.78, 5) is 1.83. The maximum absolute atomic E-state index is 4.20. The molecule has 2 rings (SSSR count). The summed E-state index contributed by atoms with van der Waals surface area (Å²) in [5.41, 5.74) is 1.63. The van der Waals surface area contributed by atoms with Crippen LogP contribution >= 0.6 is 25.3 Å². The van der Waals surface area contributed by atoms with Gasteiger partial charge < -0.3 is 0 Å². The Morgan fingerprint density at radius 2 is 0.875 bits per heavy atom. The fraction of sp³-hybridized carbons (Fsp3) is 0. The lowest BCUT2D eigenvalue weighted by Gasteiger charge is -1.94. The molecule has 0 radical (unpaired) electrons. The molecular formula is C12H10N2S2. The first-order valence-corrected chi connectivity index (χ1v) is 5.63. The van der Waals surface area contributed by atoms with Gasteiger partial charge in [0.25, 0.3) is 0 Å². The Balaban J connectivity index is 2.15. The zero-order chi connectivity index (χ0) is 11.4. The highest BCUT2D eigenvalue weighted by Crippen LogP contribution is 2.20. The lowest BCUT2D eigenvalue weighted by Crippen LogP contribution is -1.66. The van der Waals surface area contributed by atoms with Crippen molar-refractivity contribution in [1.82, 2.24) is 0 Å². The summed E-state index contributed by atoms with van der Waals surface area (Å²) in [6.07, 6.45) is 0. The van der Waals surface area contributed by atoms with E-state index in [1.807, 2.05) is 48.5 Å². The standard InChI is InChI=1S/C12H10N2S2/c15-11-5-1-9(2-6-11)13-14-10-3-7-12(16)8-4-10/h1-8,15-16H. The van der Waals surface area contributed by atoms with E-state index >= 15 is 0 Å². The van der Waals surface area contributed by atoms with E-state index < -0.39 is 0 Å². The minimum absolute atomic E-state index is 0.813. The van der Waals surface area contributed by atoms with Crippen molar-refractivity contribution < 1.29 is 0 Å². The first kappa shape index (κ1) is 11.2. The largest absolute Gasteiger partial charge is 0.151 e. The molecule has 0 aliphatic carbocycles. The summed E-state index contributed by atoms with van der Waals surface area (Å²) in [5.74, 6) is 0. The molecular weight excluding hydrogens is 236 g/mol. The summed E-state index contributed by atoms with van der Waals surface area (Å²) in [6.45, 7) is 0. The van der Waals surface area contributed by atoms with E-state index in [2.05, 4.69) is 35.5 Å². The Morgan fingerprint density at radius 3 is 1.19 bits per heavy atom. The molecule has 0 unspecified atom stereocenters. The van der Waals surface area contributed by atoms with Gasteiger partial charge in [-0.1, -0.05) is 0 Å². The van der Waals surface area contributed by atoms with Crippen molar-refractivity contribution in [3.8, 4) is 0 Å². The molecule has 0 atom stereocenters. The minimum Gasteiger partial charge on any atom is -0.151 e. The number of azo groups is 1. The van der Waals surface area contributed by atoms with Crippen LogP contribution in [-0.4, -0.2) is 0 Å². The lowest BCUT2D eigenvalue weighted by molar-refractivity contribution is 1.22. The fourth-order valence-corrected chi connectivity index (χ4v) is 1.45. The maximum Gasteiger partial charge on any atom is 0.0857 e. The Labute approximate surface area is 105 Å². The van der Waals surface area contributed by atoms with Crippen LogP contribution < -0.4 is 0 Å². The minimum atomic E-state index is 0.813. The van der Waals surface area contributed by atoms with E-state index in [4.69, 9.17) is 0 Å². The average molecular weight is 246 g/mol. The zero-order valence-electron chi connectivity index (χ0n) is 8.41. The van der Waals surface area contributed by atoms with Crippen LogP contribution in [0.1, 0.15) is 0 Å². The molecule has 0 aliphatic rings. The third-order valence-electron chi connectivity index (χ3n) is 1.98. The second-order valence-electron chi connectivity index (χ2n) is 3.23. The number of nitrogens with zero attached hydrogens (tertiary/aromatic N) is 2. The molecule has 16 heavy (non-hydrogen) atoms. The monoisotopic (exact) mass is 246 g/mol. The first-order valence-electron chi connectivity index (χ1n) is 4.74. The molecule has 0 amide bonds. The van der Waals surface area contributed by atoms with Crippen LogP contribution in [0.15, 0.2) is 68.6 Å². The SMILES string of the molecule is Sc1ccc(N=Nc2ccc(S)cc2)cc1. The molecule has 2 nitrogen and oxygen atoms in total. The summed E-state index contributed by atoms with van der Waals surface area (Å²) in [6, 6.07) is 15.0. The highest BCUT2D eigenvalue weighted by atomic mass is 32.1. The number of hydrogen-bond donors (Lipinski definition) is 2. The van der Waals surface area contributed by atoms with Gasteiger partial charge in [-0.3, -0.25) is 0 Å². The molecule has 4 heteroatoms. The Morgan fingerprint density at radius 1 is 0.562 bits per heavy atom. The van der Waals surface area contributed by atoms with Crippen molar-refractivity contribution in [2.24, 2.45) is 10.2 Å². The summed E-state index contributed by atoms with van der Waals surface area (Å²) in [5, 5.41) is 8.23. The van der Waals surface area contributed by atoms with Gasteiger partial charge in [-0.2, -0.15) is 10.2 Å². The summed E-state index contributed by atoms with van der Waals surface area (Å²) >= 11 is 8.40. The topological polar surface area (TPSA) is 24.7 Å². The predicted octanol–water partition coefficient (Wildman–Crippen LogP) is 4.68. The molecule has 0 saturated carbocycles. The molecule has 0 fully saturated rings. The van der Waals surface area contributed by atoms with E-state index in [9.17, 15) is 0 Å². The fourth-order valence-electron chi connectivity index (χ4n) is 1.15. The van der Waals surface area contributed by atoms with E-state index in [0.717, 1.165) is 21.2 Å². The van der Waals surface area contributed by atoms with Crippen LogP contribution in [0.5, 0.6) is 0 Å². The lowest BCUT2D eigenvalue weighted by atomic mass is 10.3. The van der Waals surface area contributed by atoms with E-state index in [1.165, 1.54) is 0 Å². The molecule has 80 valence electrons.